The summed E-state index contributed by atoms with van der Waals surface area (Å²) in [5, 5.41) is 0. The van der Waals surface area contributed by atoms with Gasteiger partial charge in [0.2, 0.25) is 0 Å². The van der Waals surface area contributed by atoms with Gasteiger partial charge in [-0.25, -0.2) is 0 Å². The summed E-state index contributed by atoms with van der Waals surface area (Å²) in [6.07, 6.45) is 34.5. The number of hydrogen-bond acceptors (Lipinski definition) is 0. The molecule has 0 aliphatic carbocycles. The van der Waals surface area contributed by atoms with Gasteiger partial charge in [0.25, 0.3) is 0 Å². The maximum Gasteiger partial charge on any atom is -0.0351 e. The molecule has 0 heterocycles. The average molecular weight is 335 g/mol. The van der Waals surface area contributed by atoms with Gasteiger partial charge in [-0.1, -0.05) is 102 Å². The fourth-order valence-electron chi connectivity index (χ4n) is 3.08. The van der Waals surface area contributed by atoms with Crippen LogP contribution < -0.4 is 0 Å². The van der Waals surface area contributed by atoms with Crippen molar-refractivity contribution >= 4 is 0 Å². The van der Waals surface area contributed by atoms with E-state index in [2.05, 4.69) is 38.2 Å². The van der Waals surface area contributed by atoms with E-state index in [-0.39, 0.29) is 0 Å². The Bertz CT molecular complexity index is 233. The monoisotopic (exact) mass is 334 g/mol. The summed E-state index contributed by atoms with van der Waals surface area (Å²) < 4.78 is 0. The molecule has 0 amide bonds. The number of rotatable bonds is 19. The fraction of sp³-hybridized carbons (Fsp3) is 0.833. The van der Waals surface area contributed by atoms with Crippen molar-refractivity contribution in [3.05, 3.63) is 24.3 Å². The fourth-order valence-corrected chi connectivity index (χ4v) is 3.08. The minimum atomic E-state index is 1.29. The van der Waals surface area contributed by atoms with E-state index in [1.807, 2.05) is 0 Å². The van der Waals surface area contributed by atoms with Crippen LogP contribution in [0.2, 0.25) is 0 Å². The van der Waals surface area contributed by atoms with Crippen LogP contribution in [0.5, 0.6) is 0 Å². The third-order valence-corrected chi connectivity index (χ3v) is 4.77. The lowest BCUT2D eigenvalue weighted by molar-refractivity contribution is 0.571. The van der Waals surface area contributed by atoms with Crippen molar-refractivity contribution in [3.8, 4) is 0 Å². The van der Waals surface area contributed by atoms with E-state index in [1.165, 1.54) is 116 Å². The Morgan fingerprint density at radius 1 is 0.333 bits per heavy atom. The Morgan fingerprint density at radius 3 is 0.875 bits per heavy atom. The second-order valence-corrected chi connectivity index (χ2v) is 7.34. The highest BCUT2D eigenvalue weighted by Gasteiger charge is 1.92. The zero-order chi connectivity index (χ0) is 17.6. The zero-order valence-electron chi connectivity index (χ0n) is 17.0. The number of allylic oxidation sites excluding steroid dienone is 4. The second kappa shape index (κ2) is 22.5. The highest BCUT2D eigenvalue weighted by molar-refractivity contribution is 4.81. The first-order valence-corrected chi connectivity index (χ1v) is 11.2. The van der Waals surface area contributed by atoms with Crippen LogP contribution in [0.3, 0.4) is 0 Å². The molecule has 24 heavy (non-hydrogen) atoms. The molecule has 0 aliphatic heterocycles. The molecule has 0 spiro atoms. The normalized spacial score (nSPS) is 11.9. The van der Waals surface area contributed by atoms with Gasteiger partial charge in [-0.3, -0.25) is 0 Å². The van der Waals surface area contributed by atoms with Crippen LogP contribution in [0.1, 0.15) is 129 Å². The molecular weight excluding hydrogens is 288 g/mol. The van der Waals surface area contributed by atoms with Gasteiger partial charge in [-0.15, -0.1) is 0 Å². The van der Waals surface area contributed by atoms with Gasteiger partial charge in [0.1, 0.15) is 0 Å². The van der Waals surface area contributed by atoms with Crippen LogP contribution in [-0.4, -0.2) is 0 Å². The van der Waals surface area contributed by atoms with Crippen molar-refractivity contribution in [2.75, 3.05) is 0 Å². The Hall–Kier alpha value is -0.520. The van der Waals surface area contributed by atoms with Crippen LogP contribution in [0, 0.1) is 0 Å². The van der Waals surface area contributed by atoms with Gasteiger partial charge < -0.3 is 0 Å². The summed E-state index contributed by atoms with van der Waals surface area (Å²) in [6, 6.07) is 0. The summed E-state index contributed by atoms with van der Waals surface area (Å²) in [4.78, 5) is 0. The minimum absolute atomic E-state index is 1.29. The van der Waals surface area contributed by atoms with E-state index in [4.69, 9.17) is 0 Å². The van der Waals surface area contributed by atoms with E-state index in [0.29, 0.717) is 0 Å². The lowest BCUT2D eigenvalue weighted by Crippen LogP contribution is -1.81. The van der Waals surface area contributed by atoms with Crippen molar-refractivity contribution in [2.24, 2.45) is 0 Å². The predicted molar refractivity (Wildman–Crippen MR) is 113 cm³/mol. The molecule has 0 saturated carbocycles. The molecule has 0 aromatic carbocycles. The first kappa shape index (κ1) is 23.5. The van der Waals surface area contributed by atoms with E-state index in [9.17, 15) is 0 Å². The molecule has 0 fully saturated rings. The molecule has 0 unspecified atom stereocenters. The Labute approximate surface area is 154 Å². The quantitative estimate of drug-likeness (QED) is 0.163. The van der Waals surface area contributed by atoms with Crippen LogP contribution in [0.15, 0.2) is 24.3 Å². The second-order valence-electron chi connectivity index (χ2n) is 7.34. The molecule has 0 nitrogen and oxygen atoms in total. The first-order valence-electron chi connectivity index (χ1n) is 11.2. The van der Waals surface area contributed by atoms with Gasteiger partial charge in [0.05, 0.1) is 0 Å². The first-order chi connectivity index (χ1) is 11.9. The molecule has 0 radical (unpaired) electrons. The molecule has 142 valence electrons. The minimum Gasteiger partial charge on any atom is -0.0885 e. The maximum atomic E-state index is 2.41. The van der Waals surface area contributed by atoms with Crippen molar-refractivity contribution in [1.29, 1.82) is 0 Å². The number of unbranched alkanes of at least 4 members (excludes halogenated alkanes) is 15. The lowest BCUT2D eigenvalue weighted by atomic mass is 10.1. The molecule has 0 atom stereocenters. The Morgan fingerprint density at radius 2 is 0.583 bits per heavy atom. The van der Waals surface area contributed by atoms with Crippen molar-refractivity contribution in [1.82, 2.24) is 0 Å². The largest absolute Gasteiger partial charge is 0.0885 e. The van der Waals surface area contributed by atoms with E-state index >= 15 is 0 Å². The van der Waals surface area contributed by atoms with Gasteiger partial charge in [0, 0.05) is 0 Å². The van der Waals surface area contributed by atoms with E-state index in [1.54, 1.807) is 0 Å². The van der Waals surface area contributed by atoms with Crippen LogP contribution in [0.4, 0.5) is 0 Å². The van der Waals surface area contributed by atoms with Gasteiger partial charge in [-0.05, 0) is 51.4 Å². The molecule has 0 saturated heterocycles. The molecule has 0 bridgehead atoms. The van der Waals surface area contributed by atoms with Crippen LogP contribution in [-0.2, 0) is 0 Å². The summed E-state index contributed by atoms with van der Waals surface area (Å²) in [7, 11) is 0. The summed E-state index contributed by atoms with van der Waals surface area (Å²) in [6.45, 7) is 4.55. The highest BCUT2D eigenvalue weighted by Crippen LogP contribution is 2.11. The third-order valence-electron chi connectivity index (χ3n) is 4.77. The smallest absolute Gasteiger partial charge is 0.0351 e. The Kier molecular flexibility index (Phi) is 22.0. The zero-order valence-corrected chi connectivity index (χ0v) is 17.0. The van der Waals surface area contributed by atoms with E-state index in [0.717, 1.165) is 0 Å². The standard InChI is InChI=1S/C24H46/c1-3-5-7-9-11-13-15-17-19-21-23-24-22-20-18-16-14-12-10-8-6-4-2/h11-14H,3-10,15-24H2,1-2H3/b13-11-,14-12-. The molecule has 0 aromatic heterocycles. The molecular formula is C24H46. The Balaban J connectivity index is 3.07. The lowest BCUT2D eigenvalue weighted by Gasteiger charge is -2.01. The van der Waals surface area contributed by atoms with Gasteiger partial charge in [-0.2, -0.15) is 0 Å². The van der Waals surface area contributed by atoms with E-state index < -0.39 is 0 Å². The molecule has 0 rings (SSSR count). The van der Waals surface area contributed by atoms with Gasteiger partial charge >= 0.3 is 0 Å². The number of hydrogen-bond donors (Lipinski definition) is 0. The summed E-state index contributed by atoms with van der Waals surface area (Å²) >= 11 is 0. The van der Waals surface area contributed by atoms with Gasteiger partial charge in [0.15, 0.2) is 0 Å². The van der Waals surface area contributed by atoms with Crippen molar-refractivity contribution in [3.63, 3.8) is 0 Å². The van der Waals surface area contributed by atoms with Crippen molar-refractivity contribution in [2.45, 2.75) is 129 Å². The maximum absolute atomic E-state index is 2.41. The molecule has 0 aromatic rings. The third kappa shape index (κ3) is 21.5. The predicted octanol–water partition coefficient (Wildman–Crippen LogP) is 9.16. The molecule has 0 N–H and O–H groups in total. The van der Waals surface area contributed by atoms with Crippen LogP contribution in [0.25, 0.3) is 0 Å². The topological polar surface area (TPSA) is 0 Å². The van der Waals surface area contributed by atoms with Crippen LogP contribution >= 0.6 is 0 Å². The average Bonchev–Trinajstić information content (AvgIpc) is 2.60. The summed E-state index contributed by atoms with van der Waals surface area (Å²) in [5.74, 6) is 0. The summed E-state index contributed by atoms with van der Waals surface area (Å²) in [5.41, 5.74) is 0. The van der Waals surface area contributed by atoms with Crippen molar-refractivity contribution < 1.29 is 0 Å². The molecule has 0 heteroatoms. The highest BCUT2D eigenvalue weighted by atomic mass is 14.0. The molecule has 0 aliphatic rings. The SMILES string of the molecule is CCCCC/C=C\CCCCCCCCCC/C=C\CCCCC.